The molecule has 1 aromatic rings. The minimum Gasteiger partial charge on any atom is -0.306 e. The van der Waals surface area contributed by atoms with Gasteiger partial charge in [0.1, 0.15) is 0 Å². The molecule has 0 aromatic heterocycles. The fourth-order valence-corrected chi connectivity index (χ4v) is 2.82. The number of nitrogens with zero attached hydrogens (tertiary/aromatic N) is 1. The molecule has 0 aliphatic carbocycles. The second kappa shape index (κ2) is 6.05. The molecule has 1 aliphatic rings. The highest BCUT2D eigenvalue weighted by Gasteiger charge is 2.25. The van der Waals surface area contributed by atoms with Crippen molar-refractivity contribution in [1.29, 1.82) is 0 Å². The van der Waals surface area contributed by atoms with Gasteiger partial charge in [-0.3, -0.25) is 4.90 Å². The van der Waals surface area contributed by atoms with Crippen LogP contribution in [0.15, 0.2) is 24.3 Å². The molecular formula is C15H23ClN2. The van der Waals surface area contributed by atoms with E-state index in [9.17, 15) is 0 Å². The van der Waals surface area contributed by atoms with Crippen molar-refractivity contribution in [1.82, 2.24) is 10.2 Å². The Morgan fingerprint density at radius 1 is 1.33 bits per heavy atom. The number of halogens is 1. The predicted octanol–water partition coefficient (Wildman–Crippen LogP) is 3.47. The first kappa shape index (κ1) is 13.9. The second-order valence-corrected chi connectivity index (χ2v) is 5.95. The average Bonchev–Trinajstić information content (AvgIpc) is 2.77. The van der Waals surface area contributed by atoms with E-state index >= 15 is 0 Å². The monoisotopic (exact) mass is 266 g/mol. The Morgan fingerprint density at radius 3 is 2.72 bits per heavy atom. The summed E-state index contributed by atoms with van der Waals surface area (Å²) in [6, 6.07) is 9.74. The second-order valence-electron chi connectivity index (χ2n) is 5.52. The van der Waals surface area contributed by atoms with Crippen molar-refractivity contribution in [3.8, 4) is 0 Å². The van der Waals surface area contributed by atoms with Gasteiger partial charge in [-0.1, -0.05) is 23.7 Å². The van der Waals surface area contributed by atoms with Crippen molar-refractivity contribution >= 4 is 11.6 Å². The van der Waals surface area contributed by atoms with Gasteiger partial charge >= 0.3 is 0 Å². The highest BCUT2D eigenvalue weighted by Crippen LogP contribution is 2.20. The largest absolute Gasteiger partial charge is 0.306 e. The predicted molar refractivity (Wildman–Crippen MR) is 78.1 cm³/mol. The number of nitrogens with one attached hydrogen (secondary N) is 1. The van der Waals surface area contributed by atoms with Crippen molar-refractivity contribution in [2.45, 2.75) is 45.3 Å². The molecule has 0 bridgehead atoms. The molecule has 1 heterocycles. The fourth-order valence-electron chi connectivity index (χ4n) is 2.62. The molecule has 100 valence electrons. The molecule has 1 N–H and O–H groups in total. The lowest BCUT2D eigenvalue weighted by atomic mass is 10.1. The van der Waals surface area contributed by atoms with Crippen LogP contribution in [0.2, 0.25) is 5.02 Å². The van der Waals surface area contributed by atoms with E-state index < -0.39 is 0 Å². The first-order valence-electron chi connectivity index (χ1n) is 6.82. The molecular weight excluding hydrogens is 244 g/mol. The van der Waals surface area contributed by atoms with E-state index in [1.165, 1.54) is 18.5 Å². The molecule has 1 aliphatic heterocycles. The summed E-state index contributed by atoms with van der Waals surface area (Å²) in [5.41, 5.74) is 1.27. The number of benzene rings is 1. The Morgan fingerprint density at radius 2 is 2.11 bits per heavy atom. The van der Waals surface area contributed by atoms with E-state index in [0.717, 1.165) is 11.6 Å². The molecule has 2 atom stereocenters. The van der Waals surface area contributed by atoms with E-state index in [4.69, 9.17) is 11.6 Å². The van der Waals surface area contributed by atoms with Gasteiger partial charge < -0.3 is 5.32 Å². The summed E-state index contributed by atoms with van der Waals surface area (Å²) in [7, 11) is 0. The number of hydrogen-bond acceptors (Lipinski definition) is 2. The average molecular weight is 267 g/mol. The highest BCUT2D eigenvalue weighted by atomic mass is 35.5. The molecule has 1 unspecified atom stereocenters. The van der Waals surface area contributed by atoms with Crippen molar-refractivity contribution in [2.75, 3.05) is 13.1 Å². The topological polar surface area (TPSA) is 15.3 Å². The van der Waals surface area contributed by atoms with Gasteiger partial charge in [0.25, 0.3) is 0 Å². The lowest BCUT2D eigenvalue weighted by Crippen LogP contribution is -2.36. The SMILES string of the molecule is CC(C)N1CCC(N[C@H](C)c2cccc(Cl)c2)C1. The zero-order chi connectivity index (χ0) is 13.1. The molecule has 0 saturated carbocycles. The third kappa shape index (κ3) is 3.47. The van der Waals surface area contributed by atoms with Gasteiger partial charge in [0, 0.05) is 29.7 Å². The molecule has 0 amide bonds. The van der Waals surface area contributed by atoms with Crippen LogP contribution in [0.3, 0.4) is 0 Å². The Hall–Kier alpha value is -0.570. The van der Waals surface area contributed by atoms with Crippen LogP contribution in [0.4, 0.5) is 0 Å². The van der Waals surface area contributed by atoms with Gasteiger partial charge in [0.05, 0.1) is 0 Å². The highest BCUT2D eigenvalue weighted by molar-refractivity contribution is 6.30. The maximum absolute atomic E-state index is 6.03. The lowest BCUT2D eigenvalue weighted by Gasteiger charge is -2.23. The van der Waals surface area contributed by atoms with Crippen LogP contribution in [0.25, 0.3) is 0 Å². The van der Waals surface area contributed by atoms with Crippen LogP contribution < -0.4 is 5.32 Å². The van der Waals surface area contributed by atoms with Crippen LogP contribution in [0, 0.1) is 0 Å². The maximum atomic E-state index is 6.03. The van der Waals surface area contributed by atoms with Gasteiger partial charge in [-0.15, -0.1) is 0 Å². The molecule has 2 rings (SSSR count). The van der Waals surface area contributed by atoms with Crippen molar-refractivity contribution in [3.63, 3.8) is 0 Å². The van der Waals surface area contributed by atoms with Gasteiger partial charge in [-0.25, -0.2) is 0 Å². The summed E-state index contributed by atoms with van der Waals surface area (Å²) < 4.78 is 0. The summed E-state index contributed by atoms with van der Waals surface area (Å²) in [6.45, 7) is 9.11. The van der Waals surface area contributed by atoms with E-state index in [2.05, 4.69) is 37.1 Å². The molecule has 1 saturated heterocycles. The molecule has 18 heavy (non-hydrogen) atoms. The van der Waals surface area contributed by atoms with Gasteiger partial charge in [0.2, 0.25) is 0 Å². The maximum Gasteiger partial charge on any atom is 0.0409 e. The number of hydrogen-bond donors (Lipinski definition) is 1. The van der Waals surface area contributed by atoms with Crippen LogP contribution in [0.1, 0.15) is 38.8 Å². The van der Waals surface area contributed by atoms with Crippen LogP contribution in [-0.2, 0) is 0 Å². The minimum atomic E-state index is 0.362. The van der Waals surface area contributed by atoms with Crippen molar-refractivity contribution in [2.24, 2.45) is 0 Å². The molecule has 1 fully saturated rings. The first-order valence-corrected chi connectivity index (χ1v) is 7.19. The number of rotatable bonds is 4. The van der Waals surface area contributed by atoms with Gasteiger partial charge in [-0.2, -0.15) is 0 Å². The lowest BCUT2D eigenvalue weighted by molar-refractivity contribution is 0.266. The number of likely N-dealkylation sites (tertiary alicyclic amines) is 1. The Bertz CT molecular complexity index is 392. The zero-order valence-electron chi connectivity index (χ0n) is 11.5. The summed E-state index contributed by atoms with van der Waals surface area (Å²) >= 11 is 6.03. The first-order chi connectivity index (χ1) is 8.56. The molecule has 0 spiro atoms. The van der Waals surface area contributed by atoms with Crippen LogP contribution in [0.5, 0.6) is 0 Å². The van der Waals surface area contributed by atoms with E-state index in [-0.39, 0.29) is 0 Å². The minimum absolute atomic E-state index is 0.362. The molecule has 3 heteroatoms. The standard InChI is InChI=1S/C15H23ClN2/c1-11(2)18-8-7-15(10-18)17-12(3)13-5-4-6-14(16)9-13/h4-6,9,11-12,15,17H,7-8,10H2,1-3H3/t12-,15?/m1/s1. The third-order valence-electron chi connectivity index (χ3n) is 3.78. The van der Waals surface area contributed by atoms with Crippen molar-refractivity contribution in [3.05, 3.63) is 34.9 Å². The van der Waals surface area contributed by atoms with E-state index in [1.807, 2.05) is 18.2 Å². The Balaban J connectivity index is 1.90. The van der Waals surface area contributed by atoms with Crippen molar-refractivity contribution < 1.29 is 0 Å². The summed E-state index contributed by atoms with van der Waals surface area (Å²) in [5, 5.41) is 4.52. The Labute approximate surface area is 115 Å². The van der Waals surface area contributed by atoms with Gasteiger partial charge in [-0.05, 0) is 51.4 Å². The Kier molecular flexibility index (Phi) is 4.66. The quantitative estimate of drug-likeness (QED) is 0.898. The summed E-state index contributed by atoms with van der Waals surface area (Å²) in [6.07, 6.45) is 1.24. The molecule has 1 aromatic carbocycles. The van der Waals surface area contributed by atoms with Crippen LogP contribution in [-0.4, -0.2) is 30.1 Å². The summed E-state index contributed by atoms with van der Waals surface area (Å²) in [5.74, 6) is 0. The van der Waals surface area contributed by atoms with E-state index in [0.29, 0.717) is 18.1 Å². The van der Waals surface area contributed by atoms with Gasteiger partial charge in [0.15, 0.2) is 0 Å². The fraction of sp³-hybridized carbons (Fsp3) is 0.600. The zero-order valence-corrected chi connectivity index (χ0v) is 12.2. The van der Waals surface area contributed by atoms with E-state index in [1.54, 1.807) is 0 Å². The smallest absolute Gasteiger partial charge is 0.0409 e. The normalized spacial score (nSPS) is 22.6. The summed E-state index contributed by atoms with van der Waals surface area (Å²) in [4.78, 5) is 2.53. The third-order valence-corrected chi connectivity index (χ3v) is 4.02. The van der Waals surface area contributed by atoms with Crippen LogP contribution >= 0.6 is 11.6 Å². The molecule has 0 radical (unpaired) electrons. The molecule has 2 nitrogen and oxygen atoms in total.